The second-order valence-electron chi connectivity index (χ2n) is 14.5. The van der Waals surface area contributed by atoms with Crippen molar-refractivity contribution in [2.24, 2.45) is 0 Å². The number of fused-ring (bicyclic) bond motifs is 7. The second kappa shape index (κ2) is 13.2. The van der Waals surface area contributed by atoms with E-state index in [2.05, 4.69) is 217 Å². The third-order valence-electron chi connectivity index (χ3n) is 11.3. The lowest BCUT2D eigenvalue weighted by Gasteiger charge is -2.26. The summed E-state index contributed by atoms with van der Waals surface area (Å²) < 4.78 is 6.92. The van der Waals surface area contributed by atoms with Crippen molar-refractivity contribution >= 4 is 71.3 Å². The average Bonchev–Trinajstić information content (AvgIpc) is 3.67. The van der Waals surface area contributed by atoms with E-state index in [0.29, 0.717) is 0 Å². The fourth-order valence-corrected chi connectivity index (χ4v) is 8.60. The third-order valence-corrected chi connectivity index (χ3v) is 11.3. The SMILES string of the molecule is c1ccc(-c2c(-c3ccc(N(c4ccc(-c5cccc6ccccc56)cc4)c4cccc5c4oc4c6ccccc6ccc54)cc3)ccc3ccccc23)cc1. The molecule has 11 rings (SSSR count). The zero-order valence-corrected chi connectivity index (χ0v) is 30.6. The molecule has 0 atom stereocenters. The highest BCUT2D eigenvalue weighted by Crippen LogP contribution is 2.45. The van der Waals surface area contributed by atoms with E-state index in [1.165, 1.54) is 54.7 Å². The zero-order chi connectivity index (χ0) is 37.0. The maximum atomic E-state index is 6.92. The number of para-hydroxylation sites is 1. The zero-order valence-electron chi connectivity index (χ0n) is 30.6. The van der Waals surface area contributed by atoms with Crippen LogP contribution in [0.15, 0.2) is 217 Å². The van der Waals surface area contributed by atoms with Crippen LogP contribution >= 0.6 is 0 Å². The summed E-state index contributed by atoms with van der Waals surface area (Å²) in [6.07, 6.45) is 0. The molecule has 2 nitrogen and oxygen atoms in total. The Bertz CT molecular complexity index is 3230. The summed E-state index contributed by atoms with van der Waals surface area (Å²) in [6.45, 7) is 0. The van der Waals surface area contributed by atoms with Crippen molar-refractivity contribution in [2.75, 3.05) is 4.90 Å². The molecule has 0 aliphatic rings. The first-order valence-electron chi connectivity index (χ1n) is 19.2. The van der Waals surface area contributed by atoms with Crippen LogP contribution in [0.3, 0.4) is 0 Å². The number of rotatable bonds is 6. The van der Waals surface area contributed by atoms with E-state index in [0.717, 1.165) is 50.0 Å². The van der Waals surface area contributed by atoms with Gasteiger partial charge in [-0.15, -0.1) is 0 Å². The monoisotopic (exact) mass is 713 g/mol. The Morgan fingerprint density at radius 3 is 1.54 bits per heavy atom. The highest BCUT2D eigenvalue weighted by molar-refractivity contribution is 6.17. The van der Waals surface area contributed by atoms with Crippen molar-refractivity contribution in [3.05, 3.63) is 212 Å². The number of hydrogen-bond acceptors (Lipinski definition) is 2. The van der Waals surface area contributed by atoms with E-state index in [4.69, 9.17) is 4.42 Å². The van der Waals surface area contributed by atoms with E-state index in [-0.39, 0.29) is 0 Å². The van der Waals surface area contributed by atoms with Gasteiger partial charge in [-0.1, -0.05) is 176 Å². The number of nitrogens with zero attached hydrogens (tertiary/aromatic N) is 1. The van der Waals surface area contributed by atoms with E-state index in [1.54, 1.807) is 0 Å². The van der Waals surface area contributed by atoms with Crippen LogP contribution in [0, 0.1) is 0 Å². The number of benzene rings is 10. The lowest BCUT2D eigenvalue weighted by atomic mass is 9.90. The summed E-state index contributed by atoms with van der Waals surface area (Å²) in [4.78, 5) is 2.34. The van der Waals surface area contributed by atoms with Crippen molar-refractivity contribution in [3.63, 3.8) is 0 Å². The molecule has 11 aromatic rings. The molecule has 1 aromatic heterocycles. The van der Waals surface area contributed by atoms with Crippen molar-refractivity contribution in [1.82, 2.24) is 0 Å². The van der Waals surface area contributed by atoms with Crippen LogP contribution < -0.4 is 4.90 Å². The molecule has 56 heavy (non-hydrogen) atoms. The maximum absolute atomic E-state index is 6.92. The van der Waals surface area contributed by atoms with E-state index in [1.807, 2.05) is 0 Å². The smallest absolute Gasteiger partial charge is 0.159 e. The van der Waals surface area contributed by atoms with Crippen LogP contribution in [0.2, 0.25) is 0 Å². The van der Waals surface area contributed by atoms with Crippen LogP contribution in [-0.4, -0.2) is 0 Å². The highest BCUT2D eigenvalue weighted by atomic mass is 16.3. The molecule has 0 saturated heterocycles. The number of hydrogen-bond donors (Lipinski definition) is 0. The Labute approximate surface area is 325 Å². The summed E-state index contributed by atoms with van der Waals surface area (Å²) >= 11 is 0. The van der Waals surface area contributed by atoms with Gasteiger partial charge in [0.25, 0.3) is 0 Å². The summed E-state index contributed by atoms with van der Waals surface area (Å²) in [5.41, 5.74) is 12.1. The third kappa shape index (κ3) is 5.26. The largest absolute Gasteiger partial charge is 0.453 e. The topological polar surface area (TPSA) is 16.4 Å². The molecule has 0 amide bonds. The van der Waals surface area contributed by atoms with Gasteiger partial charge in [0.1, 0.15) is 5.58 Å². The van der Waals surface area contributed by atoms with Gasteiger partial charge in [-0.05, 0) is 96.7 Å². The first kappa shape index (κ1) is 32.0. The molecule has 0 fully saturated rings. The Balaban J connectivity index is 1.09. The molecule has 0 radical (unpaired) electrons. The molecule has 262 valence electrons. The normalized spacial score (nSPS) is 11.6. The number of furan rings is 1. The van der Waals surface area contributed by atoms with Gasteiger partial charge in [0.15, 0.2) is 5.58 Å². The molecule has 0 unspecified atom stereocenters. The molecule has 10 aromatic carbocycles. The van der Waals surface area contributed by atoms with Gasteiger partial charge in [-0.25, -0.2) is 0 Å². The fraction of sp³-hybridized carbons (Fsp3) is 0. The molecule has 0 saturated carbocycles. The highest BCUT2D eigenvalue weighted by Gasteiger charge is 2.21. The minimum atomic E-state index is 0.863. The molecular formula is C54H35NO. The van der Waals surface area contributed by atoms with Gasteiger partial charge in [0, 0.05) is 27.5 Å². The molecular weight excluding hydrogens is 679 g/mol. The van der Waals surface area contributed by atoms with Crippen LogP contribution in [0.5, 0.6) is 0 Å². The molecule has 0 bridgehead atoms. The van der Waals surface area contributed by atoms with Crippen LogP contribution in [-0.2, 0) is 0 Å². The Kier molecular flexibility index (Phi) is 7.53. The van der Waals surface area contributed by atoms with Crippen molar-refractivity contribution < 1.29 is 4.42 Å². The molecule has 0 aliphatic carbocycles. The Hall–Kier alpha value is -7.42. The molecule has 0 spiro atoms. The van der Waals surface area contributed by atoms with Gasteiger partial charge in [0.05, 0.1) is 5.69 Å². The van der Waals surface area contributed by atoms with Crippen molar-refractivity contribution in [3.8, 4) is 33.4 Å². The minimum absolute atomic E-state index is 0.863. The standard InChI is InChI=1S/C54H35NO/c1-2-15-41(16-3-1)52-46-19-8-5-13-37(46)28-34-47(52)40-26-32-43(33-27-40)55(42-30-24-39(25-31-42)45-21-10-17-36-12-4-7-18-44(36)45)51-23-11-22-49-50-35-29-38-14-6-9-20-48(38)53(50)56-54(49)51/h1-35H. The van der Waals surface area contributed by atoms with E-state index in [9.17, 15) is 0 Å². The van der Waals surface area contributed by atoms with Gasteiger partial charge in [-0.2, -0.15) is 0 Å². The molecule has 0 N–H and O–H groups in total. The molecule has 0 aliphatic heterocycles. The summed E-state index contributed by atoms with van der Waals surface area (Å²) in [5, 5.41) is 9.47. The lowest BCUT2D eigenvalue weighted by molar-refractivity contribution is 0.673. The summed E-state index contributed by atoms with van der Waals surface area (Å²) in [5.74, 6) is 0. The van der Waals surface area contributed by atoms with Gasteiger partial charge < -0.3 is 9.32 Å². The predicted molar refractivity (Wildman–Crippen MR) is 237 cm³/mol. The lowest BCUT2D eigenvalue weighted by Crippen LogP contribution is -2.10. The second-order valence-corrected chi connectivity index (χ2v) is 14.5. The van der Waals surface area contributed by atoms with Crippen LogP contribution in [0.4, 0.5) is 17.1 Å². The first-order valence-corrected chi connectivity index (χ1v) is 19.2. The average molecular weight is 714 g/mol. The van der Waals surface area contributed by atoms with Crippen molar-refractivity contribution in [1.29, 1.82) is 0 Å². The Morgan fingerprint density at radius 2 is 0.804 bits per heavy atom. The predicted octanol–water partition coefficient (Wildman–Crippen LogP) is 15.5. The molecule has 2 heteroatoms. The van der Waals surface area contributed by atoms with Gasteiger partial charge in [-0.3, -0.25) is 0 Å². The summed E-state index contributed by atoms with van der Waals surface area (Å²) in [7, 11) is 0. The maximum Gasteiger partial charge on any atom is 0.159 e. The minimum Gasteiger partial charge on any atom is -0.453 e. The summed E-state index contributed by atoms with van der Waals surface area (Å²) in [6, 6.07) is 76.3. The van der Waals surface area contributed by atoms with Gasteiger partial charge in [0.2, 0.25) is 0 Å². The first-order chi connectivity index (χ1) is 27.8. The quantitative estimate of drug-likeness (QED) is 0.171. The van der Waals surface area contributed by atoms with Crippen LogP contribution in [0.25, 0.3) is 87.6 Å². The molecule has 1 heterocycles. The Morgan fingerprint density at radius 1 is 0.286 bits per heavy atom. The van der Waals surface area contributed by atoms with E-state index < -0.39 is 0 Å². The fourth-order valence-electron chi connectivity index (χ4n) is 8.60. The van der Waals surface area contributed by atoms with Crippen molar-refractivity contribution in [2.45, 2.75) is 0 Å². The van der Waals surface area contributed by atoms with Crippen LogP contribution in [0.1, 0.15) is 0 Å². The van der Waals surface area contributed by atoms with E-state index >= 15 is 0 Å². The van der Waals surface area contributed by atoms with Gasteiger partial charge >= 0.3 is 0 Å². The number of anilines is 3.